The van der Waals surface area contributed by atoms with Crippen molar-refractivity contribution < 1.29 is 4.74 Å². The Labute approximate surface area is 102 Å². The van der Waals surface area contributed by atoms with Gasteiger partial charge < -0.3 is 9.30 Å². The van der Waals surface area contributed by atoms with Crippen molar-refractivity contribution in [2.45, 2.75) is 26.8 Å². The fraction of sp³-hybridized carbons (Fsp3) is 0.357. The lowest BCUT2D eigenvalue weighted by molar-refractivity contribution is 0.299. The minimum Gasteiger partial charge on any atom is -0.493 e. The maximum atomic E-state index is 5.78. The van der Waals surface area contributed by atoms with Crippen molar-refractivity contribution in [1.82, 2.24) is 9.55 Å². The number of hydrogen-bond donors (Lipinski definition) is 0. The molecular formula is C14H18N2O. The standard InChI is InChI=1S/C14H18N2O/c1-12-4-5-13(2)14(10-12)17-9-3-7-16-8-6-15-11-16/h4-6,8,10-11H,3,7,9H2,1-2H3. The number of imidazole rings is 1. The monoisotopic (exact) mass is 230 g/mol. The van der Waals surface area contributed by atoms with Crippen LogP contribution in [0.2, 0.25) is 0 Å². The summed E-state index contributed by atoms with van der Waals surface area (Å²) in [7, 11) is 0. The van der Waals surface area contributed by atoms with E-state index in [0.29, 0.717) is 0 Å². The van der Waals surface area contributed by atoms with Gasteiger partial charge in [-0.3, -0.25) is 0 Å². The first kappa shape index (κ1) is 11.7. The third-order valence-electron chi connectivity index (χ3n) is 2.72. The lowest BCUT2D eigenvalue weighted by Gasteiger charge is -2.10. The van der Waals surface area contributed by atoms with Crippen LogP contribution in [0, 0.1) is 13.8 Å². The molecule has 0 saturated carbocycles. The summed E-state index contributed by atoms with van der Waals surface area (Å²) in [5.41, 5.74) is 2.43. The van der Waals surface area contributed by atoms with E-state index in [9.17, 15) is 0 Å². The van der Waals surface area contributed by atoms with E-state index in [0.717, 1.165) is 25.3 Å². The van der Waals surface area contributed by atoms with Crippen LogP contribution in [0.4, 0.5) is 0 Å². The van der Waals surface area contributed by atoms with Crippen LogP contribution in [0.15, 0.2) is 36.9 Å². The zero-order chi connectivity index (χ0) is 12.1. The molecule has 0 radical (unpaired) electrons. The number of nitrogens with zero attached hydrogens (tertiary/aromatic N) is 2. The van der Waals surface area contributed by atoms with Crippen LogP contribution in [-0.4, -0.2) is 16.2 Å². The van der Waals surface area contributed by atoms with E-state index < -0.39 is 0 Å². The Bertz CT molecular complexity index is 463. The SMILES string of the molecule is Cc1ccc(C)c(OCCCn2ccnc2)c1. The van der Waals surface area contributed by atoms with Crippen LogP contribution < -0.4 is 4.74 Å². The van der Waals surface area contributed by atoms with Crippen LogP contribution in [0.3, 0.4) is 0 Å². The van der Waals surface area contributed by atoms with Crippen molar-refractivity contribution >= 4 is 0 Å². The van der Waals surface area contributed by atoms with Crippen LogP contribution in [0.1, 0.15) is 17.5 Å². The topological polar surface area (TPSA) is 27.1 Å². The molecule has 0 fully saturated rings. The Balaban J connectivity index is 1.80. The third-order valence-corrected chi connectivity index (χ3v) is 2.72. The lowest BCUT2D eigenvalue weighted by atomic mass is 10.1. The zero-order valence-corrected chi connectivity index (χ0v) is 10.4. The molecule has 3 heteroatoms. The summed E-state index contributed by atoms with van der Waals surface area (Å²) in [6.45, 7) is 5.84. The summed E-state index contributed by atoms with van der Waals surface area (Å²) < 4.78 is 7.84. The molecule has 0 saturated heterocycles. The maximum absolute atomic E-state index is 5.78. The summed E-state index contributed by atoms with van der Waals surface area (Å²) in [4.78, 5) is 4.01. The van der Waals surface area contributed by atoms with Crippen molar-refractivity contribution in [2.24, 2.45) is 0 Å². The predicted octanol–water partition coefficient (Wildman–Crippen LogP) is 2.97. The fourth-order valence-corrected chi connectivity index (χ4v) is 1.71. The fourth-order valence-electron chi connectivity index (χ4n) is 1.71. The Morgan fingerprint density at radius 2 is 2.18 bits per heavy atom. The first-order valence-corrected chi connectivity index (χ1v) is 5.91. The van der Waals surface area contributed by atoms with Gasteiger partial charge in [-0.15, -0.1) is 0 Å². The van der Waals surface area contributed by atoms with Gasteiger partial charge in [0.15, 0.2) is 0 Å². The van der Waals surface area contributed by atoms with E-state index in [-0.39, 0.29) is 0 Å². The minimum absolute atomic E-state index is 0.739. The van der Waals surface area contributed by atoms with Gasteiger partial charge in [-0.25, -0.2) is 4.98 Å². The van der Waals surface area contributed by atoms with E-state index in [2.05, 4.69) is 41.6 Å². The van der Waals surface area contributed by atoms with Crippen molar-refractivity contribution in [2.75, 3.05) is 6.61 Å². The van der Waals surface area contributed by atoms with Gasteiger partial charge in [0.1, 0.15) is 5.75 Å². The highest BCUT2D eigenvalue weighted by molar-refractivity contribution is 5.35. The summed E-state index contributed by atoms with van der Waals surface area (Å²) in [5.74, 6) is 0.996. The van der Waals surface area contributed by atoms with E-state index >= 15 is 0 Å². The normalized spacial score (nSPS) is 10.5. The van der Waals surface area contributed by atoms with Gasteiger partial charge in [0.2, 0.25) is 0 Å². The van der Waals surface area contributed by atoms with E-state index in [4.69, 9.17) is 4.74 Å². The van der Waals surface area contributed by atoms with Crippen LogP contribution in [0.5, 0.6) is 5.75 Å². The molecule has 1 aromatic heterocycles. The molecule has 0 spiro atoms. The summed E-state index contributed by atoms with van der Waals surface area (Å²) >= 11 is 0. The highest BCUT2D eigenvalue weighted by atomic mass is 16.5. The maximum Gasteiger partial charge on any atom is 0.122 e. The first-order valence-electron chi connectivity index (χ1n) is 5.91. The van der Waals surface area contributed by atoms with Crippen LogP contribution >= 0.6 is 0 Å². The Kier molecular flexibility index (Phi) is 3.81. The molecule has 0 amide bonds. The average Bonchev–Trinajstić information content (AvgIpc) is 2.82. The van der Waals surface area contributed by atoms with Gasteiger partial charge >= 0.3 is 0 Å². The second kappa shape index (κ2) is 5.53. The molecule has 0 unspecified atom stereocenters. The molecule has 2 aromatic rings. The Hall–Kier alpha value is -1.77. The highest BCUT2D eigenvalue weighted by Gasteiger charge is 1.99. The van der Waals surface area contributed by atoms with Gasteiger partial charge in [-0.2, -0.15) is 0 Å². The van der Waals surface area contributed by atoms with Gasteiger partial charge in [0.05, 0.1) is 12.9 Å². The zero-order valence-electron chi connectivity index (χ0n) is 10.4. The van der Waals surface area contributed by atoms with Crippen molar-refractivity contribution in [3.63, 3.8) is 0 Å². The second-order valence-electron chi connectivity index (χ2n) is 4.27. The minimum atomic E-state index is 0.739. The molecule has 1 aromatic carbocycles. The highest BCUT2D eigenvalue weighted by Crippen LogP contribution is 2.19. The number of aryl methyl sites for hydroxylation is 3. The summed E-state index contributed by atoms with van der Waals surface area (Å²) in [6, 6.07) is 6.29. The molecule has 2 rings (SSSR count). The molecule has 0 N–H and O–H groups in total. The van der Waals surface area contributed by atoms with Gasteiger partial charge in [0, 0.05) is 18.9 Å². The quantitative estimate of drug-likeness (QED) is 0.738. The number of hydrogen-bond acceptors (Lipinski definition) is 2. The van der Waals surface area contributed by atoms with Crippen LogP contribution in [-0.2, 0) is 6.54 Å². The molecule has 3 nitrogen and oxygen atoms in total. The Morgan fingerprint density at radius 3 is 2.94 bits per heavy atom. The molecule has 0 aliphatic rings. The molecule has 0 bridgehead atoms. The Morgan fingerprint density at radius 1 is 1.29 bits per heavy atom. The molecule has 90 valence electrons. The van der Waals surface area contributed by atoms with Gasteiger partial charge in [-0.05, 0) is 37.5 Å². The molecule has 17 heavy (non-hydrogen) atoms. The molecule has 0 aliphatic carbocycles. The van der Waals surface area contributed by atoms with Crippen molar-refractivity contribution in [3.8, 4) is 5.75 Å². The first-order chi connectivity index (χ1) is 8.25. The molecular weight excluding hydrogens is 212 g/mol. The summed E-state index contributed by atoms with van der Waals surface area (Å²) in [5, 5.41) is 0. The van der Waals surface area contributed by atoms with E-state index in [1.165, 1.54) is 11.1 Å². The van der Waals surface area contributed by atoms with Gasteiger partial charge in [0.25, 0.3) is 0 Å². The number of aromatic nitrogens is 2. The predicted molar refractivity (Wildman–Crippen MR) is 68.3 cm³/mol. The van der Waals surface area contributed by atoms with E-state index in [1.54, 1.807) is 6.20 Å². The largest absolute Gasteiger partial charge is 0.493 e. The van der Waals surface area contributed by atoms with Crippen molar-refractivity contribution in [3.05, 3.63) is 48.0 Å². The lowest BCUT2D eigenvalue weighted by Crippen LogP contribution is -2.04. The molecule has 1 heterocycles. The molecule has 0 aliphatic heterocycles. The van der Waals surface area contributed by atoms with Crippen molar-refractivity contribution in [1.29, 1.82) is 0 Å². The average molecular weight is 230 g/mol. The summed E-state index contributed by atoms with van der Waals surface area (Å²) in [6.07, 6.45) is 6.59. The smallest absolute Gasteiger partial charge is 0.122 e. The van der Waals surface area contributed by atoms with Crippen LogP contribution in [0.25, 0.3) is 0 Å². The number of rotatable bonds is 5. The van der Waals surface area contributed by atoms with E-state index in [1.807, 2.05) is 12.5 Å². The molecule has 0 atom stereocenters. The number of ether oxygens (including phenoxy) is 1. The third kappa shape index (κ3) is 3.34. The second-order valence-corrected chi connectivity index (χ2v) is 4.27. The van der Waals surface area contributed by atoms with Gasteiger partial charge in [-0.1, -0.05) is 12.1 Å². The number of benzene rings is 1.